The van der Waals surface area contributed by atoms with Gasteiger partial charge in [0.05, 0.1) is 13.2 Å². The number of rotatable bonds is 10. The highest BCUT2D eigenvalue weighted by atomic mass is 16.7. The number of benzene rings is 1. The highest BCUT2D eigenvalue weighted by Crippen LogP contribution is 2.24. The number of nitrogens with one attached hydrogen (secondary N) is 1. The lowest BCUT2D eigenvalue weighted by Gasteiger charge is -2.34. The molecule has 0 radical (unpaired) electrons. The van der Waals surface area contributed by atoms with E-state index in [2.05, 4.69) is 5.32 Å². The van der Waals surface area contributed by atoms with Crippen molar-refractivity contribution in [2.75, 3.05) is 13.2 Å². The van der Waals surface area contributed by atoms with Crippen LogP contribution >= 0.6 is 0 Å². The predicted molar refractivity (Wildman–Crippen MR) is 99.9 cm³/mol. The molecular formula is C20H27NO7. The van der Waals surface area contributed by atoms with E-state index in [4.69, 9.17) is 14.6 Å². The van der Waals surface area contributed by atoms with Gasteiger partial charge in [-0.2, -0.15) is 0 Å². The zero-order valence-corrected chi connectivity index (χ0v) is 15.9. The fourth-order valence-electron chi connectivity index (χ4n) is 2.98. The number of amides is 1. The minimum atomic E-state index is -1.57. The van der Waals surface area contributed by atoms with Gasteiger partial charge in [0, 0.05) is 18.4 Å². The number of carboxylic acid groups (broad SMARTS) is 2. The lowest BCUT2D eigenvalue weighted by atomic mass is 10.00. The van der Waals surface area contributed by atoms with Gasteiger partial charge in [0.25, 0.3) is 11.7 Å². The van der Waals surface area contributed by atoms with Crippen LogP contribution in [0.2, 0.25) is 0 Å². The van der Waals surface area contributed by atoms with Gasteiger partial charge in [-0.1, -0.05) is 37.5 Å². The van der Waals surface area contributed by atoms with Crippen molar-refractivity contribution in [3.8, 4) is 0 Å². The summed E-state index contributed by atoms with van der Waals surface area (Å²) >= 11 is 0. The SMILES string of the molecule is CC1(C(=O)O)OCC(CCCCCC(NC(=O)c2ccccc2)C(=O)O)CO1. The highest BCUT2D eigenvalue weighted by molar-refractivity contribution is 5.96. The molecule has 1 aliphatic rings. The lowest BCUT2D eigenvalue weighted by Crippen LogP contribution is -2.47. The molecule has 0 bridgehead atoms. The van der Waals surface area contributed by atoms with Gasteiger partial charge >= 0.3 is 11.9 Å². The van der Waals surface area contributed by atoms with Gasteiger partial charge in [0.2, 0.25) is 0 Å². The summed E-state index contributed by atoms with van der Waals surface area (Å²) in [7, 11) is 0. The number of unbranched alkanes of at least 4 members (excludes halogenated alkanes) is 2. The average molecular weight is 393 g/mol. The maximum absolute atomic E-state index is 12.1. The van der Waals surface area contributed by atoms with Crippen LogP contribution in [0, 0.1) is 5.92 Å². The zero-order chi connectivity index (χ0) is 20.6. The Kier molecular flexibility index (Phi) is 7.95. The van der Waals surface area contributed by atoms with Crippen molar-refractivity contribution in [2.24, 2.45) is 5.92 Å². The second kappa shape index (κ2) is 10.2. The Morgan fingerprint density at radius 2 is 1.75 bits per heavy atom. The van der Waals surface area contributed by atoms with Crippen molar-refractivity contribution in [3.63, 3.8) is 0 Å². The predicted octanol–water partition coefficient (Wildman–Crippen LogP) is 2.28. The molecule has 1 fully saturated rings. The molecule has 0 spiro atoms. The van der Waals surface area contributed by atoms with Crippen LogP contribution < -0.4 is 5.32 Å². The molecule has 1 aliphatic heterocycles. The summed E-state index contributed by atoms with van der Waals surface area (Å²) in [6, 6.07) is 7.58. The monoisotopic (exact) mass is 393 g/mol. The first-order chi connectivity index (χ1) is 13.3. The highest BCUT2D eigenvalue weighted by Gasteiger charge is 2.40. The van der Waals surface area contributed by atoms with Crippen molar-refractivity contribution < 1.29 is 34.1 Å². The lowest BCUT2D eigenvalue weighted by molar-refractivity contribution is -0.271. The molecular weight excluding hydrogens is 366 g/mol. The van der Waals surface area contributed by atoms with Gasteiger partial charge in [0.1, 0.15) is 6.04 Å². The van der Waals surface area contributed by atoms with Gasteiger partial charge in [-0.05, 0) is 25.0 Å². The van der Waals surface area contributed by atoms with E-state index in [0.29, 0.717) is 31.6 Å². The van der Waals surface area contributed by atoms with E-state index in [0.717, 1.165) is 19.3 Å². The van der Waals surface area contributed by atoms with Gasteiger partial charge in [-0.3, -0.25) is 4.79 Å². The normalized spacial score (nSPS) is 23.0. The molecule has 1 amide bonds. The molecule has 1 unspecified atom stereocenters. The van der Waals surface area contributed by atoms with Crippen LogP contribution in [0.1, 0.15) is 49.4 Å². The molecule has 0 aliphatic carbocycles. The van der Waals surface area contributed by atoms with Gasteiger partial charge < -0.3 is 25.0 Å². The summed E-state index contributed by atoms with van der Waals surface area (Å²) in [5, 5.41) is 20.9. The Labute approximate surface area is 163 Å². The van der Waals surface area contributed by atoms with Crippen LogP contribution in [0.3, 0.4) is 0 Å². The Morgan fingerprint density at radius 3 is 2.32 bits per heavy atom. The van der Waals surface area contributed by atoms with Crippen molar-refractivity contribution >= 4 is 17.8 Å². The van der Waals surface area contributed by atoms with Crippen LogP contribution in [0.25, 0.3) is 0 Å². The second-order valence-corrected chi connectivity index (χ2v) is 7.11. The number of ether oxygens (including phenoxy) is 2. The van der Waals surface area contributed by atoms with E-state index in [1.54, 1.807) is 30.3 Å². The number of hydrogen-bond donors (Lipinski definition) is 3. The molecule has 1 aromatic carbocycles. The minimum Gasteiger partial charge on any atom is -0.480 e. The van der Waals surface area contributed by atoms with Crippen molar-refractivity contribution in [3.05, 3.63) is 35.9 Å². The number of carbonyl (C=O) groups is 3. The largest absolute Gasteiger partial charge is 0.480 e. The summed E-state index contributed by atoms with van der Waals surface area (Å²) in [6.07, 6.45) is 3.47. The van der Waals surface area contributed by atoms with E-state index >= 15 is 0 Å². The summed E-state index contributed by atoms with van der Waals surface area (Å²) < 4.78 is 10.6. The smallest absolute Gasteiger partial charge is 0.364 e. The van der Waals surface area contributed by atoms with Crippen molar-refractivity contribution in [2.45, 2.75) is 50.9 Å². The molecule has 8 nitrogen and oxygen atoms in total. The Bertz CT molecular complexity index is 668. The molecule has 28 heavy (non-hydrogen) atoms. The molecule has 0 saturated carbocycles. The number of aliphatic carboxylic acids is 2. The van der Waals surface area contributed by atoms with E-state index in [1.807, 2.05) is 0 Å². The summed E-state index contributed by atoms with van der Waals surface area (Å²) in [6.45, 7) is 2.04. The molecule has 3 N–H and O–H groups in total. The van der Waals surface area contributed by atoms with E-state index in [1.165, 1.54) is 6.92 Å². The Hall–Kier alpha value is -2.45. The van der Waals surface area contributed by atoms with Crippen LogP contribution in [-0.2, 0) is 19.1 Å². The first-order valence-electron chi connectivity index (χ1n) is 9.42. The number of carbonyl (C=O) groups excluding carboxylic acids is 1. The molecule has 1 saturated heterocycles. The molecule has 1 atom stereocenters. The van der Waals surface area contributed by atoms with E-state index in [9.17, 15) is 19.5 Å². The van der Waals surface area contributed by atoms with Crippen LogP contribution in [-0.4, -0.2) is 53.1 Å². The third-order valence-electron chi connectivity index (χ3n) is 4.82. The third kappa shape index (κ3) is 6.31. The first-order valence-corrected chi connectivity index (χ1v) is 9.42. The molecule has 8 heteroatoms. The van der Waals surface area contributed by atoms with Gasteiger partial charge in [0.15, 0.2) is 0 Å². The van der Waals surface area contributed by atoms with Crippen molar-refractivity contribution in [1.82, 2.24) is 5.32 Å². The number of carboxylic acids is 2. The van der Waals surface area contributed by atoms with Crippen LogP contribution in [0.4, 0.5) is 0 Å². The third-order valence-corrected chi connectivity index (χ3v) is 4.82. The fourth-order valence-corrected chi connectivity index (χ4v) is 2.98. The molecule has 0 aromatic heterocycles. The van der Waals surface area contributed by atoms with Crippen LogP contribution in [0.5, 0.6) is 0 Å². The van der Waals surface area contributed by atoms with Gasteiger partial charge in [-0.25, -0.2) is 9.59 Å². The van der Waals surface area contributed by atoms with E-state index < -0.39 is 29.7 Å². The maximum atomic E-state index is 12.1. The van der Waals surface area contributed by atoms with Crippen molar-refractivity contribution in [1.29, 1.82) is 0 Å². The quantitative estimate of drug-likeness (QED) is 0.521. The molecule has 1 aromatic rings. The topological polar surface area (TPSA) is 122 Å². The average Bonchev–Trinajstić information content (AvgIpc) is 2.68. The first kappa shape index (κ1) is 21.8. The summed E-state index contributed by atoms with van der Waals surface area (Å²) in [5.41, 5.74) is 0.430. The Balaban J connectivity index is 1.66. The molecule has 1 heterocycles. The number of hydrogen-bond acceptors (Lipinski definition) is 5. The summed E-state index contributed by atoms with van der Waals surface area (Å²) in [4.78, 5) is 34.5. The molecule has 154 valence electrons. The standard InChI is InChI=1S/C20H27NO7/c1-20(19(25)26)27-12-14(13-28-20)8-4-2-7-11-16(18(23)24)21-17(22)15-9-5-3-6-10-15/h3,5-6,9-10,14,16H,2,4,7-8,11-13H2,1H3,(H,21,22)(H,23,24)(H,25,26). The van der Waals surface area contributed by atoms with E-state index in [-0.39, 0.29) is 5.92 Å². The fraction of sp³-hybridized carbons (Fsp3) is 0.550. The Morgan fingerprint density at radius 1 is 1.11 bits per heavy atom. The zero-order valence-electron chi connectivity index (χ0n) is 15.9. The minimum absolute atomic E-state index is 0.125. The second-order valence-electron chi connectivity index (χ2n) is 7.11. The van der Waals surface area contributed by atoms with Crippen LogP contribution in [0.15, 0.2) is 30.3 Å². The molecule has 2 rings (SSSR count). The maximum Gasteiger partial charge on any atom is 0.364 e. The van der Waals surface area contributed by atoms with Gasteiger partial charge in [-0.15, -0.1) is 0 Å². The summed E-state index contributed by atoms with van der Waals surface area (Å²) in [5.74, 6) is -4.02.